The molecule has 0 bridgehead atoms. The van der Waals surface area contributed by atoms with E-state index in [1.54, 1.807) is 0 Å². The van der Waals surface area contributed by atoms with E-state index in [1.165, 1.54) is 0 Å². The second-order valence-electron chi connectivity index (χ2n) is 1.01. The SMILES string of the molecule is CC(C)Cl.[Cl-].[Cl-].[Cl-].[Li+].[Mg+2]. The van der Waals surface area contributed by atoms with Crippen molar-refractivity contribution in [3.8, 4) is 0 Å². The molecule has 0 spiro atoms. The van der Waals surface area contributed by atoms with Crippen LogP contribution in [0.4, 0.5) is 0 Å². The zero-order chi connectivity index (χ0) is 3.58. The van der Waals surface area contributed by atoms with Crippen LogP contribution < -0.4 is 56.1 Å². The van der Waals surface area contributed by atoms with Gasteiger partial charge in [-0.3, -0.25) is 0 Å². The molecule has 0 nitrogen and oxygen atoms in total. The standard InChI is InChI=1S/C3H7Cl.3ClH.Li.Mg/c1-3(2)4;;;;;/h3H,1-2H3;3*1H;;/q;;;;+1;+2/p-3. The van der Waals surface area contributed by atoms with Crippen LogP contribution in [-0.4, -0.2) is 28.4 Å². The van der Waals surface area contributed by atoms with Crippen molar-refractivity contribution in [3.63, 3.8) is 0 Å². The Kier molecular flexibility index (Phi) is 145. The van der Waals surface area contributed by atoms with Gasteiger partial charge in [0.1, 0.15) is 0 Å². The van der Waals surface area contributed by atoms with Crippen molar-refractivity contribution in [2.45, 2.75) is 19.2 Å². The van der Waals surface area contributed by atoms with E-state index >= 15 is 0 Å². The number of rotatable bonds is 0. The first-order chi connectivity index (χ1) is 1.73. The molecule has 50 valence electrons. The second kappa shape index (κ2) is 31.3. The normalized spacial score (nSPS) is 4.00. The van der Waals surface area contributed by atoms with Crippen LogP contribution >= 0.6 is 11.6 Å². The third-order valence-electron chi connectivity index (χ3n) is 0. The van der Waals surface area contributed by atoms with E-state index in [0.29, 0.717) is 5.38 Å². The van der Waals surface area contributed by atoms with E-state index in [4.69, 9.17) is 11.6 Å². The fraction of sp³-hybridized carbons (Fsp3) is 1.00. The van der Waals surface area contributed by atoms with Gasteiger partial charge in [0.25, 0.3) is 0 Å². The first-order valence-corrected chi connectivity index (χ1v) is 1.81. The molecule has 9 heavy (non-hydrogen) atoms. The molecule has 0 saturated heterocycles. The van der Waals surface area contributed by atoms with Crippen molar-refractivity contribution in [1.82, 2.24) is 0 Å². The predicted octanol–water partition coefficient (Wildman–Crippen LogP) is -10.7. The van der Waals surface area contributed by atoms with Crippen LogP contribution in [-0.2, 0) is 0 Å². The van der Waals surface area contributed by atoms with E-state index < -0.39 is 0 Å². The summed E-state index contributed by atoms with van der Waals surface area (Å²) in [6.45, 7) is 3.86. The summed E-state index contributed by atoms with van der Waals surface area (Å²) in [6.07, 6.45) is 0. The van der Waals surface area contributed by atoms with E-state index in [0.717, 1.165) is 0 Å². The van der Waals surface area contributed by atoms with E-state index in [-0.39, 0.29) is 79.1 Å². The molecule has 0 saturated carbocycles. The summed E-state index contributed by atoms with van der Waals surface area (Å²) >= 11 is 5.27. The fourth-order valence-corrected chi connectivity index (χ4v) is 0. The summed E-state index contributed by atoms with van der Waals surface area (Å²) < 4.78 is 0. The maximum Gasteiger partial charge on any atom is 2.00 e. The third kappa shape index (κ3) is 120. The van der Waals surface area contributed by atoms with Crippen molar-refractivity contribution in [2.24, 2.45) is 0 Å². The summed E-state index contributed by atoms with van der Waals surface area (Å²) in [4.78, 5) is 0. The number of alkyl halides is 1. The molecular weight excluding hydrogens is 209 g/mol. The molecule has 0 aromatic heterocycles. The zero-order valence-electron chi connectivity index (χ0n) is 5.80. The first-order valence-electron chi connectivity index (χ1n) is 1.37. The van der Waals surface area contributed by atoms with Gasteiger partial charge in [0, 0.05) is 5.38 Å². The van der Waals surface area contributed by atoms with Gasteiger partial charge in [-0.2, -0.15) is 0 Å². The number of hydrogen-bond donors (Lipinski definition) is 0. The van der Waals surface area contributed by atoms with Gasteiger partial charge in [-0.15, -0.1) is 11.6 Å². The summed E-state index contributed by atoms with van der Waals surface area (Å²) in [6, 6.07) is 0. The monoisotopic (exact) mass is 214 g/mol. The molecule has 0 aliphatic rings. The van der Waals surface area contributed by atoms with Gasteiger partial charge < -0.3 is 37.2 Å². The minimum absolute atomic E-state index is 0. The smallest absolute Gasteiger partial charge is 1.00 e. The molecular formula is C3H7Cl4LiMg. The van der Waals surface area contributed by atoms with E-state index in [9.17, 15) is 0 Å². The second-order valence-corrected chi connectivity index (χ2v) is 1.89. The van der Waals surface area contributed by atoms with Crippen LogP contribution in [0.3, 0.4) is 0 Å². The van der Waals surface area contributed by atoms with Crippen LogP contribution in [0.25, 0.3) is 0 Å². The van der Waals surface area contributed by atoms with E-state index in [1.807, 2.05) is 13.8 Å². The largest absolute Gasteiger partial charge is 2.00 e. The van der Waals surface area contributed by atoms with Gasteiger partial charge in [-0.05, 0) is 13.8 Å². The molecule has 0 aromatic rings. The zero-order valence-corrected chi connectivity index (χ0v) is 10.2. The Morgan fingerprint density at radius 1 is 1.00 bits per heavy atom. The van der Waals surface area contributed by atoms with Gasteiger partial charge in [-0.1, -0.05) is 0 Å². The molecule has 0 aliphatic carbocycles. The summed E-state index contributed by atoms with van der Waals surface area (Å²) in [5, 5.41) is 0.306. The topological polar surface area (TPSA) is 0 Å². The molecule has 0 heterocycles. The fourth-order valence-electron chi connectivity index (χ4n) is 0. The molecule has 0 fully saturated rings. The molecule has 6 heteroatoms. The van der Waals surface area contributed by atoms with Crippen LogP contribution in [0.5, 0.6) is 0 Å². The van der Waals surface area contributed by atoms with Gasteiger partial charge in [0.2, 0.25) is 0 Å². The Morgan fingerprint density at radius 3 is 1.00 bits per heavy atom. The van der Waals surface area contributed by atoms with Gasteiger partial charge in [0.05, 0.1) is 0 Å². The van der Waals surface area contributed by atoms with Crippen molar-refractivity contribution in [2.75, 3.05) is 0 Å². The first kappa shape index (κ1) is 41.8. The van der Waals surface area contributed by atoms with Gasteiger partial charge in [0.15, 0.2) is 0 Å². The van der Waals surface area contributed by atoms with Crippen LogP contribution in [0.1, 0.15) is 13.8 Å². The van der Waals surface area contributed by atoms with E-state index in [2.05, 4.69) is 0 Å². The third-order valence-corrected chi connectivity index (χ3v) is 0. The number of hydrogen-bond acceptors (Lipinski definition) is 0. The maximum atomic E-state index is 5.27. The molecule has 0 amide bonds. The Bertz CT molecular complexity index is 20.5. The Morgan fingerprint density at radius 2 is 1.00 bits per heavy atom. The summed E-state index contributed by atoms with van der Waals surface area (Å²) in [5.41, 5.74) is 0. The molecule has 0 atom stereocenters. The molecule has 0 aliphatic heterocycles. The predicted molar refractivity (Wildman–Crippen MR) is 26.7 cm³/mol. The molecule has 0 radical (unpaired) electrons. The Hall–Kier alpha value is 2.52. The van der Waals surface area contributed by atoms with Crippen molar-refractivity contribution >= 4 is 34.7 Å². The van der Waals surface area contributed by atoms with Crippen LogP contribution in [0.15, 0.2) is 0 Å². The Labute approximate surface area is 109 Å². The Balaban J connectivity index is -0.00000000450. The molecule has 0 N–H and O–H groups in total. The summed E-state index contributed by atoms with van der Waals surface area (Å²) in [7, 11) is 0. The molecule has 0 rings (SSSR count). The molecule has 0 aromatic carbocycles. The minimum atomic E-state index is 0. The van der Waals surface area contributed by atoms with Crippen molar-refractivity contribution in [3.05, 3.63) is 0 Å². The molecule has 0 unspecified atom stereocenters. The number of halogens is 4. The average molecular weight is 216 g/mol. The van der Waals surface area contributed by atoms with Crippen LogP contribution in [0.2, 0.25) is 0 Å². The average Bonchev–Trinajstić information content (AvgIpc) is 0.811. The van der Waals surface area contributed by atoms with Gasteiger partial charge >= 0.3 is 41.9 Å². The maximum absolute atomic E-state index is 5.27. The van der Waals surface area contributed by atoms with Crippen molar-refractivity contribution in [1.29, 1.82) is 0 Å². The van der Waals surface area contributed by atoms with Crippen LogP contribution in [0, 0.1) is 0 Å². The minimum Gasteiger partial charge on any atom is -1.00 e. The quantitative estimate of drug-likeness (QED) is 0.279. The summed E-state index contributed by atoms with van der Waals surface area (Å²) in [5.74, 6) is 0. The van der Waals surface area contributed by atoms with Gasteiger partial charge in [-0.25, -0.2) is 0 Å². The van der Waals surface area contributed by atoms with Crippen molar-refractivity contribution < 1.29 is 56.1 Å².